The smallest absolute Gasteiger partial charge is 0.291 e. The number of nitrogens with zero attached hydrogens (tertiary/aromatic N) is 3. The molecule has 0 aliphatic carbocycles. The predicted octanol–water partition coefficient (Wildman–Crippen LogP) is 4.97. The predicted molar refractivity (Wildman–Crippen MR) is 114 cm³/mol. The molecule has 0 aliphatic heterocycles. The lowest BCUT2D eigenvalue weighted by Gasteiger charge is -2.04. The van der Waals surface area contributed by atoms with E-state index in [2.05, 4.69) is 20.3 Å². The first-order valence-electron chi connectivity index (χ1n) is 9.04. The number of hydrogen-bond donors (Lipinski definition) is 2. The number of carbonyl (C=O) groups excluding carboxylic acids is 1. The molecule has 0 saturated heterocycles. The highest BCUT2D eigenvalue weighted by molar-refractivity contribution is 7.21. The highest BCUT2D eigenvalue weighted by Crippen LogP contribution is 2.31. The van der Waals surface area contributed by atoms with Gasteiger partial charge in [-0.15, -0.1) is 11.3 Å². The number of furan rings is 1. The lowest BCUT2D eigenvalue weighted by Crippen LogP contribution is -2.11. The minimum Gasteiger partial charge on any atom is -0.508 e. The molecular weight excluding hydrogens is 400 g/mol. The number of para-hydroxylation sites is 1. The van der Waals surface area contributed by atoms with E-state index in [1.165, 1.54) is 23.7 Å². The third-order valence-electron chi connectivity index (χ3n) is 4.35. The van der Waals surface area contributed by atoms with E-state index in [0.29, 0.717) is 27.8 Å². The fourth-order valence-electron chi connectivity index (χ4n) is 2.93. The lowest BCUT2D eigenvalue weighted by atomic mass is 10.2. The highest BCUT2D eigenvalue weighted by Gasteiger charge is 2.15. The molecule has 0 atom stereocenters. The molecule has 2 aromatic carbocycles. The molecular formula is C22H14N4O3S. The summed E-state index contributed by atoms with van der Waals surface area (Å²) in [6, 6.07) is 17.8. The molecule has 3 heterocycles. The van der Waals surface area contributed by atoms with Gasteiger partial charge in [-0.2, -0.15) is 0 Å². The van der Waals surface area contributed by atoms with Gasteiger partial charge in [0, 0.05) is 5.56 Å². The number of carbonyl (C=O) groups is 1. The number of amides is 1. The zero-order chi connectivity index (χ0) is 20.5. The Morgan fingerprint density at radius 3 is 2.63 bits per heavy atom. The van der Waals surface area contributed by atoms with Crippen LogP contribution in [-0.2, 0) is 0 Å². The molecule has 0 aliphatic rings. The summed E-state index contributed by atoms with van der Waals surface area (Å²) >= 11 is 1.51. The van der Waals surface area contributed by atoms with Crippen LogP contribution in [0, 0.1) is 0 Å². The first kappa shape index (κ1) is 18.0. The number of aromatic nitrogens is 3. The molecule has 0 spiro atoms. The van der Waals surface area contributed by atoms with Crippen LogP contribution in [-0.4, -0.2) is 26.0 Å². The molecule has 30 heavy (non-hydrogen) atoms. The van der Waals surface area contributed by atoms with Crippen molar-refractivity contribution in [3.8, 4) is 27.9 Å². The van der Waals surface area contributed by atoms with Crippen molar-refractivity contribution in [3.05, 3.63) is 78.8 Å². The van der Waals surface area contributed by atoms with Gasteiger partial charge < -0.3 is 14.8 Å². The van der Waals surface area contributed by atoms with Crippen LogP contribution in [0.2, 0.25) is 0 Å². The Morgan fingerprint density at radius 2 is 1.83 bits per heavy atom. The molecule has 8 heteroatoms. The number of nitrogens with one attached hydrogen (secondary N) is 1. The summed E-state index contributed by atoms with van der Waals surface area (Å²) in [5, 5.41) is 13.0. The largest absolute Gasteiger partial charge is 0.508 e. The van der Waals surface area contributed by atoms with Crippen molar-refractivity contribution in [2.75, 3.05) is 5.32 Å². The van der Waals surface area contributed by atoms with Crippen molar-refractivity contribution < 1.29 is 14.3 Å². The lowest BCUT2D eigenvalue weighted by molar-refractivity contribution is 0.0997. The third-order valence-corrected chi connectivity index (χ3v) is 5.40. The Hall–Kier alpha value is -4.04. The fraction of sp³-hybridized carbons (Fsp3) is 0. The van der Waals surface area contributed by atoms with E-state index in [0.717, 1.165) is 10.2 Å². The number of thiazole rings is 1. The molecule has 0 bridgehead atoms. The number of phenols is 1. The summed E-state index contributed by atoms with van der Waals surface area (Å²) in [5.74, 6) is 0.879. The summed E-state index contributed by atoms with van der Waals surface area (Å²) in [7, 11) is 0. The molecule has 5 aromatic rings. The third kappa shape index (κ3) is 3.51. The summed E-state index contributed by atoms with van der Waals surface area (Å²) in [6.45, 7) is 0. The van der Waals surface area contributed by atoms with Crippen LogP contribution in [0.5, 0.6) is 5.75 Å². The summed E-state index contributed by atoms with van der Waals surface area (Å²) in [6.07, 6.45) is 3.00. The Kier molecular flexibility index (Phi) is 4.45. The summed E-state index contributed by atoms with van der Waals surface area (Å²) in [4.78, 5) is 25.5. The fourth-order valence-corrected chi connectivity index (χ4v) is 3.86. The van der Waals surface area contributed by atoms with Gasteiger partial charge in [0.2, 0.25) is 0 Å². The molecule has 7 nitrogen and oxygen atoms in total. The number of aromatic hydroxyl groups is 1. The van der Waals surface area contributed by atoms with Crippen LogP contribution in [0.4, 0.5) is 5.69 Å². The standard InChI is InChI=1S/C22H14N4O3S/c27-15-5-3-4-13(10-15)20-23-11-14(12-24-20)25-21(28)17-8-9-18(29-17)22-26-16-6-1-2-7-19(16)30-22/h1-12,27H,(H,25,28). The van der Waals surface area contributed by atoms with E-state index < -0.39 is 5.91 Å². The van der Waals surface area contributed by atoms with E-state index in [9.17, 15) is 9.90 Å². The maximum atomic E-state index is 12.5. The van der Waals surface area contributed by atoms with Crippen LogP contribution in [0.25, 0.3) is 32.4 Å². The van der Waals surface area contributed by atoms with Crippen molar-refractivity contribution >= 4 is 33.1 Å². The van der Waals surface area contributed by atoms with Gasteiger partial charge in [-0.1, -0.05) is 24.3 Å². The maximum Gasteiger partial charge on any atom is 0.291 e. The second-order valence-electron chi connectivity index (χ2n) is 6.45. The molecule has 0 saturated carbocycles. The van der Waals surface area contributed by atoms with Crippen molar-refractivity contribution in [3.63, 3.8) is 0 Å². The van der Waals surface area contributed by atoms with Crippen molar-refractivity contribution in [2.24, 2.45) is 0 Å². The summed E-state index contributed by atoms with van der Waals surface area (Å²) < 4.78 is 6.76. The van der Waals surface area contributed by atoms with Gasteiger partial charge in [-0.3, -0.25) is 4.79 Å². The van der Waals surface area contributed by atoms with Crippen LogP contribution in [0.1, 0.15) is 10.6 Å². The second-order valence-corrected chi connectivity index (χ2v) is 7.48. The first-order valence-corrected chi connectivity index (χ1v) is 9.86. The molecule has 0 unspecified atom stereocenters. The molecule has 3 aromatic heterocycles. The van der Waals surface area contributed by atoms with Crippen molar-refractivity contribution in [1.29, 1.82) is 0 Å². The number of anilines is 1. The summed E-state index contributed by atoms with van der Waals surface area (Å²) in [5.41, 5.74) is 2.00. The van der Waals surface area contributed by atoms with Crippen molar-refractivity contribution in [2.45, 2.75) is 0 Å². The van der Waals surface area contributed by atoms with Gasteiger partial charge in [-0.05, 0) is 36.4 Å². The van der Waals surface area contributed by atoms with Crippen LogP contribution >= 0.6 is 11.3 Å². The molecule has 1 amide bonds. The Balaban J connectivity index is 1.32. The number of rotatable bonds is 4. The van der Waals surface area contributed by atoms with Gasteiger partial charge >= 0.3 is 0 Å². The zero-order valence-corrected chi connectivity index (χ0v) is 16.3. The number of benzene rings is 2. The van der Waals surface area contributed by atoms with E-state index >= 15 is 0 Å². The number of hydrogen-bond acceptors (Lipinski definition) is 7. The zero-order valence-electron chi connectivity index (χ0n) is 15.4. The minimum absolute atomic E-state index is 0.134. The molecule has 2 N–H and O–H groups in total. The normalized spacial score (nSPS) is 10.9. The topological polar surface area (TPSA) is 101 Å². The Bertz CT molecular complexity index is 1330. The molecule has 0 fully saturated rings. The quantitative estimate of drug-likeness (QED) is 0.430. The van der Waals surface area contributed by atoms with Gasteiger partial charge in [0.25, 0.3) is 5.91 Å². The second kappa shape index (κ2) is 7.41. The molecule has 146 valence electrons. The van der Waals surface area contributed by atoms with E-state index in [4.69, 9.17) is 4.42 Å². The minimum atomic E-state index is -0.406. The van der Waals surface area contributed by atoms with Crippen LogP contribution in [0.15, 0.2) is 77.5 Å². The number of phenolic OH excluding ortho intramolecular Hbond substituents is 1. The SMILES string of the molecule is O=C(Nc1cnc(-c2cccc(O)c2)nc1)c1ccc(-c2nc3ccccc3s2)o1. The average molecular weight is 414 g/mol. The first-order chi connectivity index (χ1) is 14.7. The highest BCUT2D eigenvalue weighted by atomic mass is 32.1. The van der Waals surface area contributed by atoms with E-state index in [-0.39, 0.29) is 11.5 Å². The van der Waals surface area contributed by atoms with Gasteiger partial charge in [0.05, 0.1) is 28.3 Å². The monoisotopic (exact) mass is 414 g/mol. The maximum absolute atomic E-state index is 12.5. The average Bonchev–Trinajstić information content (AvgIpc) is 3.41. The Morgan fingerprint density at radius 1 is 1.00 bits per heavy atom. The van der Waals surface area contributed by atoms with Gasteiger partial charge in [0.15, 0.2) is 22.4 Å². The van der Waals surface area contributed by atoms with Crippen molar-refractivity contribution in [1.82, 2.24) is 15.0 Å². The van der Waals surface area contributed by atoms with Crippen LogP contribution < -0.4 is 5.32 Å². The van der Waals surface area contributed by atoms with Crippen LogP contribution in [0.3, 0.4) is 0 Å². The van der Waals surface area contributed by atoms with Gasteiger partial charge in [0.1, 0.15) is 5.75 Å². The van der Waals surface area contributed by atoms with E-state index in [1.54, 1.807) is 36.4 Å². The molecule has 0 radical (unpaired) electrons. The Labute approximate surface area is 174 Å². The van der Waals surface area contributed by atoms with E-state index in [1.807, 2.05) is 24.3 Å². The molecule has 5 rings (SSSR count). The van der Waals surface area contributed by atoms with Gasteiger partial charge in [-0.25, -0.2) is 15.0 Å². The number of fused-ring (bicyclic) bond motifs is 1.